The van der Waals surface area contributed by atoms with Crippen LogP contribution in [-0.4, -0.2) is 18.9 Å². The number of ketones is 1. The van der Waals surface area contributed by atoms with Crippen LogP contribution in [0.1, 0.15) is 24.2 Å². The quantitative estimate of drug-likeness (QED) is 0.797. The van der Waals surface area contributed by atoms with Gasteiger partial charge in [0.2, 0.25) is 0 Å². The molecule has 0 bridgehead atoms. The number of benzene rings is 1. The van der Waals surface area contributed by atoms with Gasteiger partial charge >= 0.3 is 0 Å². The molecule has 1 aromatic carbocycles. The van der Waals surface area contributed by atoms with Gasteiger partial charge in [0.1, 0.15) is 0 Å². The lowest BCUT2D eigenvalue weighted by Crippen LogP contribution is -2.36. The molecule has 0 amide bonds. The standard InChI is InChI=1S/C12H16FNO2/c1-7(2)11(14)12(15)8-5-4-6-9(16-3)10(8)13/h4-7,11H,14H2,1-3H3. The summed E-state index contributed by atoms with van der Waals surface area (Å²) >= 11 is 0. The zero-order chi connectivity index (χ0) is 12.3. The Labute approximate surface area is 94.4 Å². The number of ether oxygens (including phenoxy) is 1. The number of carbonyl (C=O) groups is 1. The Morgan fingerprint density at radius 1 is 1.44 bits per heavy atom. The maximum absolute atomic E-state index is 13.7. The summed E-state index contributed by atoms with van der Waals surface area (Å²) in [7, 11) is 1.36. The first-order valence-electron chi connectivity index (χ1n) is 5.11. The van der Waals surface area contributed by atoms with Gasteiger partial charge in [-0.1, -0.05) is 19.9 Å². The van der Waals surface area contributed by atoms with Crippen molar-refractivity contribution < 1.29 is 13.9 Å². The molecule has 0 aliphatic rings. The first-order chi connectivity index (χ1) is 7.49. The van der Waals surface area contributed by atoms with Crippen LogP contribution in [0.3, 0.4) is 0 Å². The van der Waals surface area contributed by atoms with Gasteiger partial charge in [-0.2, -0.15) is 0 Å². The normalized spacial score (nSPS) is 12.6. The summed E-state index contributed by atoms with van der Waals surface area (Å²) in [4.78, 5) is 11.9. The number of halogens is 1. The van der Waals surface area contributed by atoms with Crippen molar-refractivity contribution in [3.63, 3.8) is 0 Å². The molecule has 0 aliphatic carbocycles. The smallest absolute Gasteiger partial charge is 0.182 e. The number of rotatable bonds is 4. The molecule has 1 rings (SSSR count). The summed E-state index contributed by atoms with van der Waals surface area (Å²) in [6, 6.07) is 3.76. The third kappa shape index (κ3) is 2.39. The van der Waals surface area contributed by atoms with Crippen LogP contribution >= 0.6 is 0 Å². The fourth-order valence-corrected chi connectivity index (χ4v) is 1.34. The van der Waals surface area contributed by atoms with Crippen LogP contribution in [0.15, 0.2) is 18.2 Å². The summed E-state index contributed by atoms with van der Waals surface area (Å²) in [6.07, 6.45) is 0. The van der Waals surface area contributed by atoms with Crippen molar-refractivity contribution in [3.05, 3.63) is 29.6 Å². The van der Waals surface area contributed by atoms with E-state index in [-0.39, 0.29) is 17.2 Å². The molecule has 0 heterocycles. The highest BCUT2D eigenvalue weighted by molar-refractivity contribution is 6.00. The molecule has 2 N–H and O–H groups in total. The van der Waals surface area contributed by atoms with E-state index >= 15 is 0 Å². The Kier molecular flexibility index (Phi) is 4.01. The molecule has 88 valence electrons. The van der Waals surface area contributed by atoms with E-state index in [1.807, 2.05) is 13.8 Å². The SMILES string of the molecule is COc1cccc(C(=O)C(N)C(C)C)c1F. The predicted octanol–water partition coefficient (Wildman–Crippen LogP) is 2.00. The number of methoxy groups -OCH3 is 1. The average Bonchev–Trinajstić information content (AvgIpc) is 2.27. The van der Waals surface area contributed by atoms with E-state index in [4.69, 9.17) is 10.5 Å². The summed E-state index contributed by atoms with van der Waals surface area (Å²) in [6.45, 7) is 3.64. The Balaban J connectivity index is 3.09. The van der Waals surface area contributed by atoms with Crippen molar-refractivity contribution in [2.75, 3.05) is 7.11 Å². The third-order valence-corrected chi connectivity index (χ3v) is 2.47. The Morgan fingerprint density at radius 2 is 2.06 bits per heavy atom. The minimum atomic E-state index is -0.693. The van der Waals surface area contributed by atoms with E-state index in [2.05, 4.69) is 0 Å². The minimum absolute atomic E-state index is 0.0134. The highest BCUT2D eigenvalue weighted by Crippen LogP contribution is 2.21. The molecule has 1 unspecified atom stereocenters. The van der Waals surface area contributed by atoms with Gasteiger partial charge in [0.05, 0.1) is 18.7 Å². The number of hydrogen-bond acceptors (Lipinski definition) is 3. The lowest BCUT2D eigenvalue weighted by atomic mass is 9.95. The predicted molar refractivity (Wildman–Crippen MR) is 60.1 cm³/mol. The molecule has 0 aliphatic heterocycles. The van der Waals surface area contributed by atoms with Crippen LogP contribution in [0.4, 0.5) is 4.39 Å². The van der Waals surface area contributed by atoms with E-state index in [1.165, 1.54) is 19.2 Å². The van der Waals surface area contributed by atoms with Crippen molar-refractivity contribution in [3.8, 4) is 5.75 Å². The Hall–Kier alpha value is -1.42. The van der Waals surface area contributed by atoms with Gasteiger partial charge in [0, 0.05) is 0 Å². The molecule has 1 atom stereocenters. The van der Waals surface area contributed by atoms with Crippen LogP contribution in [0.5, 0.6) is 5.75 Å². The van der Waals surface area contributed by atoms with Gasteiger partial charge in [-0.25, -0.2) is 4.39 Å². The van der Waals surface area contributed by atoms with Crippen LogP contribution in [0.25, 0.3) is 0 Å². The molecule has 0 fully saturated rings. The van der Waals surface area contributed by atoms with E-state index in [9.17, 15) is 9.18 Å². The first kappa shape index (κ1) is 12.6. The molecule has 3 nitrogen and oxygen atoms in total. The second-order valence-corrected chi connectivity index (χ2v) is 3.96. The molecule has 16 heavy (non-hydrogen) atoms. The largest absolute Gasteiger partial charge is 0.494 e. The minimum Gasteiger partial charge on any atom is -0.494 e. The molecule has 0 saturated carbocycles. The number of nitrogens with two attached hydrogens (primary N) is 1. The maximum Gasteiger partial charge on any atom is 0.182 e. The van der Waals surface area contributed by atoms with Gasteiger partial charge in [0.15, 0.2) is 17.3 Å². The van der Waals surface area contributed by atoms with Gasteiger partial charge < -0.3 is 10.5 Å². The van der Waals surface area contributed by atoms with Gasteiger partial charge in [0.25, 0.3) is 0 Å². The van der Waals surface area contributed by atoms with Crippen LogP contribution in [0.2, 0.25) is 0 Å². The van der Waals surface area contributed by atoms with Crippen molar-refractivity contribution in [2.45, 2.75) is 19.9 Å². The highest BCUT2D eigenvalue weighted by atomic mass is 19.1. The molecule has 0 saturated heterocycles. The molecular formula is C12H16FNO2. The van der Waals surface area contributed by atoms with Crippen LogP contribution in [-0.2, 0) is 0 Å². The van der Waals surface area contributed by atoms with Crippen molar-refractivity contribution in [1.29, 1.82) is 0 Å². The zero-order valence-corrected chi connectivity index (χ0v) is 9.66. The second-order valence-electron chi connectivity index (χ2n) is 3.96. The summed E-state index contributed by atoms with van der Waals surface area (Å²) < 4.78 is 18.6. The van der Waals surface area contributed by atoms with Gasteiger partial charge in [-0.3, -0.25) is 4.79 Å². The van der Waals surface area contributed by atoms with E-state index in [0.29, 0.717) is 0 Å². The number of Topliss-reactive ketones (excluding diaryl/α,β-unsaturated/α-hetero) is 1. The molecule has 0 aromatic heterocycles. The number of carbonyl (C=O) groups excluding carboxylic acids is 1. The van der Waals surface area contributed by atoms with Crippen molar-refractivity contribution in [2.24, 2.45) is 11.7 Å². The lowest BCUT2D eigenvalue weighted by molar-refractivity contribution is 0.0935. The van der Waals surface area contributed by atoms with Gasteiger partial charge in [-0.15, -0.1) is 0 Å². The summed E-state index contributed by atoms with van der Waals surface area (Å²) in [5.74, 6) is -1.02. The maximum atomic E-state index is 13.7. The fourth-order valence-electron chi connectivity index (χ4n) is 1.34. The molecular weight excluding hydrogens is 209 g/mol. The lowest BCUT2D eigenvalue weighted by Gasteiger charge is -2.15. The summed E-state index contributed by atoms with van der Waals surface area (Å²) in [5.41, 5.74) is 5.68. The first-order valence-corrected chi connectivity index (χ1v) is 5.11. The Morgan fingerprint density at radius 3 is 2.56 bits per heavy atom. The second kappa shape index (κ2) is 5.07. The van der Waals surface area contributed by atoms with Crippen LogP contribution in [0, 0.1) is 11.7 Å². The van der Waals surface area contributed by atoms with Crippen molar-refractivity contribution in [1.82, 2.24) is 0 Å². The number of hydrogen-bond donors (Lipinski definition) is 1. The average molecular weight is 225 g/mol. The molecule has 0 radical (unpaired) electrons. The highest BCUT2D eigenvalue weighted by Gasteiger charge is 2.23. The third-order valence-electron chi connectivity index (χ3n) is 2.47. The zero-order valence-electron chi connectivity index (χ0n) is 9.66. The van der Waals surface area contributed by atoms with E-state index in [1.54, 1.807) is 6.07 Å². The van der Waals surface area contributed by atoms with E-state index in [0.717, 1.165) is 0 Å². The van der Waals surface area contributed by atoms with Gasteiger partial charge in [-0.05, 0) is 18.1 Å². The molecule has 4 heteroatoms. The van der Waals surface area contributed by atoms with Crippen LogP contribution < -0.4 is 10.5 Å². The van der Waals surface area contributed by atoms with Crippen molar-refractivity contribution >= 4 is 5.78 Å². The molecule has 0 spiro atoms. The Bertz CT molecular complexity index is 391. The fraction of sp³-hybridized carbons (Fsp3) is 0.417. The monoisotopic (exact) mass is 225 g/mol. The topological polar surface area (TPSA) is 52.3 Å². The summed E-state index contributed by atoms with van der Waals surface area (Å²) in [5, 5.41) is 0. The van der Waals surface area contributed by atoms with E-state index < -0.39 is 17.6 Å². The molecule has 1 aromatic rings.